The molecule has 0 saturated carbocycles. The van der Waals surface area contributed by atoms with E-state index in [2.05, 4.69) is 35.4 Å². The van der Waals surface area contributed by atoms with Gasteiger partial charge in [0.1, 0.15) is 0 Å². The molecule has 28 heavy (non-hydrogen) atoms. The smallest absolute Gasteiger partial charge is 0.234 e. The molecule has 0 aliphatic rings. The Balaban J connectivity index is 1.65. The van der Waals surface area contributed by atoms with E-state index in [4.69, 9.17) is 11.6 Å². The third-order valence-corrected chi connectivity index (χ3v) is 5.92. The van der Waals surface area contributed by atoms with E-state index in [1.54, 1.807) is 0 Å². The molecule has 7 heteroatoms. The van der Waals surface area contributed by atoms with Gasteiger partial charge in [-0.05, 0) is 48.2 Å². The number of amides is 1. The first kappa shape index (κ1) is 20.4. The van der Waals surface area contributed by atoms with Crippen molar-refractivity contribution in [2.75, 3.05) is 11.1 Å². The highest BCUT2D eigenvalue weighted by Gasteiger charge is 2.15. The van der Waals surface area contributed by atoms with Gasteiger partial charge in [-0.2, -0.15) is 0 Å². The summed E-state index contributed by atoms with van der Waals surface area (Å²) < 4.78 is 1.88. The fourth-order valence-corrected chi connectivity index (χ4v) is 3.70. The molecule has 0 radical (unpaired) electrons. The summed E-state index contributed by atoms with van der Waals surface area (Å²) in [6.45, 7) is 4.31. The van der Waals surface area contributed by atoms with E-state index in [0.717, 1.165) is 29.1 Å². The number of nitrogens with zero attached hydrogens (tertiary/aromatic N) is 3. The Morgan fingerprint density at radius 3 is 2.61 bits per heavy atom. The molecule has 0 spiro atoms. The minimum Gasteiger partial charge on any atom is -0.325 e. The van der Waals surface area contributed by atoms with Crippen LogP contribution >= 0.6 is 23.4 Å². The molecule has 0 fully saturated rings. The van der Waals surface area contributed by atoms with Crippen molar-refractivity contribution >= 4 is 35.0 Å². The van der Waals surface area contributed by atoms with E-state index >= 15 is 0 Å². The maximum atomic E-state index is 12.5. The molecule has 1 amide bonds. The monoisotopic (exact) mass is 414 g/mol. The largest absolute Gasteiger partial charge is 0.325 e. The van der Waals surface area contributed by atoms with Crippen LogP contribution in [0.1, 0.15) is 31.7 Å². The van der Waals surface area contributed by atoms with Crippen molar-refractivity contribution in [1.29, 1.82) is 0 Å². The number of thioether (sulfide) groups is 1. The Hall–Kier alpha value is -2.31. The second-order valence-corrected chi connectivity index (χ2v) is 7.98. The van der Waals surface area contributed by atoms with Gasteiger partial charge in [0.15, 0.2) is 11.0 Å². The topological polar surface area (TPSA) is 59.8 Å². The van der Waals surface area contributed by atoms with Crippen molar-refractivity contribution < 1.29 is 4.79 Å². The Bertz CT molecular complexity index is 955. The van der Waals surface area contributed by atoms with Gasteiger partial charge >= 0.3 is 0 Å². The molecule has 2 aromatic carbocycles. The molecule has 1 atom stereocenters. The van der Waals surface area contributed by atoms with Gasteiger partial charge < -0.3 is 9.88 Å². The highest BCUT2D eigenvalue weighted by Crippen LogP contribution is 2.27. The van der Waals surface area contributed by atoms with Crippen molar-refractivity contribution in [2.45, 2.75) is 31.3 Å². The first-order valence-electron chi connectivity index (χ1n) is 9.16. The maximum Gasteiger partial charge on any atom is 0.234 e. The highest BCUT2D eigenvalue weighted by molar-refractivity contribution is 7.99. The minimum atomic E-state index is -0.0585. The van der Waals surface area contributed by atoms with Gasteiger partial charge in [0, 0.05) is 23.3 Å². The Labute approximate surface area is 174 Å². The Kier molecular flexibility index (Phi) is 6.75. The number of para-hydroxylation sites is 1. The van der Waals surface area contributed by atoms with Crippen molar-refractivity contribution in [1.82, 2.24) is 14.8 Å². The molecule has 146 valence electrons. The van der Waals surface area contributed by atoms with Crippen LogP contribution in [-0.2, 0) is 11.8 Å². The van der Waals surface area contributed by atoms with E-state index in [1.165, 1.54) is 11.8 Å². The molecule has 5 nitrogen and oxygen atoms in total. The van der Waals surface area contributed by atoms with Gasteiger partial charge in [-0.3, -0.25) is 4.79 Å². The second kappa shape index (κ2) is 9.26. The molecule has 0 aliphatic heterocycles. The van der Waals surface area contributed by atoms with Gasteiger partial charge in [0.2, 0.25) is 5.91 Å². The van der Waals surface area contributed by atoms with E-state index in [-0.39, 0.29) is 11.7 Å². The van der Waals surface area contributed by atoms with Crippen molar-refractivity contribution in [3.05, 3.63) is 59.1 Å². The zero-order valence-electron chi connectivity index (χ0n) is 16.1. The molecule has 1 N–H and O–H groups in total. The van der Waals surface area contributed by atoms with Crippen LogP contribution in [0.4, 0.5) is 5.69 Å². The number of aromatic nitrogens is 3. The summed E-state index contributed by atoms with van der Waals surface area (Å²) in [6, 6.07) is 15.4. The molecule has 1 aromatic heterocycles. The predicted octanol–water partition coefficient (Wildman–Crippen LogP) is 5.38. The number of rotatable bonds is 7. The molecule has 0 aliphatic carbocycles. The van der Waals surface area contributed by atoms with Crippen LogP contribution in [-0.4, -0.2) is 26.4 Å². The first-order valence-corrected chi connectivity index (χ1v) is 10.5. The number of hydrogen-bond donors (Lipinski definition) is 1. The molecule has 1 unspecified atom stereocenters. The average Bonchev–Trinajstić information content (AvgIpc) is 3.07. The van der Waals surface area contributed by atoms with Crippen LogP contribution in [0.25, 0.3) is 11.4 Å². The quantitative estimate of drug-likeness (QED) is 0.527. The van der Waals surface area contributed by atoms with E-state index in [9.17, 15) is 4.79 Å². The van der Waals surface area contributed by atoms with Crippen LogP contribution in [0.3, 0.4) is 0 Å². The molecule has 3 aromatic rings. The lowest BCUT2D eigenvalue weighted by molar-refractivity contribution is -0.113. The van der Waals surface area contributed by atoms with Crippen molar-refractivity contribution in [2.24, 2.45) is 7.05 Å². The lowest BCUT2D eigenvalue weighted by Crippen LogP contribution is -2.16. The molecule has 3 rings (SSSR count). The van der Waals surface area contributed by atoms with Crippen molar-refractivity contribution in [3.63, 3.8) is 0 Å². The molecule has 0 saturated heterocycles. The number of anilines is 1. The molecular weight excluding hydrogens is 392 g/mol. The lowest BCUT2D eigenvalue weighted by atomic mass is 9.97. The number of hydrogen-bond acceptors (Lipinski definition) is 4. The second-order valence-electron chi connectivity index (χ2n) is 6.61. The third kappa shape index (κ3) is 4.75. The number of carbonyl (C=O) groups excluding carboxylic acids is 1. The average molecular weight is 415 g/mol. The van der Waals surface area contributed by atoms with Crippen LogP contribution in [0, 0.1) is 0 Å². The summed E-state index contributed by atoms with van der Waals surface area (Å²) in [5.74, 6) is 1.34. The summed E-state index contributed by atoms with van der Waals surface area (Å²) in [5.41, 5.74) is 2.97. The van der Waals surface area contributed by atoms with Crippen molar-refractivity contribution in [3.8, 4) is 11.4 Å². The van der Waals surface area contributed by atoms with Gasteiger partial charge in [0.05, 0.1) is 5.75 Å². The summed E-state index contributed by atoms with van der Waals surface area (Å²) in [6.07, 6.45) is 1.02. The van der Waals surface area contributed by atoms with Crippen LogP contribution < -0.4 is 5.32 Å². The Morgan fingerprint density at radius 1 is 1.18 bits per heavy atom. The Morgan fingerprint density at radius 2 is 1.89 bits per heavy atom. The van der Waals surface area contributed by atoms with Gasteiger partial charge in [-0.25, -0.2) is 0 Å². The summed E-state index contributed by atoms with van der Waals surface area (Å²) in [5, 5.41) is 12.9. The normalized spacial score (nSPS) is 12.0. The zero-order valence-corrected chi connectivity index (χ0v) is 17.7. The fraction of sp³-hybridized carbons (Fsp3) is 0.286. The molecule has 1 heterocycles. The summed E-state index contributed by atoms with van der Waals surface area (Å²) in [7, 11) is 1.89. The van der Waals surface area contributed by atoms with E-state index in [1.807, 2.05) is 54.1 Å². The zero-order chi connectivity index (χ0) is 20.1. The first-order chi connectivity index (χ1) is 13.5. The lowest BCUT2D eigenvalue weighted by Gasteiger charge is -2.15. The maximum absolute atomic E-state index is 12.5. The molecule has 0 bridgehead atoms. The minimum absolute atomic E-state index is 0.0585. The standard InChI is InChI=1S/C21H23ClN4OS/c1-4-14(2)17-7-5-6-8-18(17)23-19(27)13-28-21-25-24-20(26(21)3)15-9-11-16(22)12-10-15/h5-12,14H,4,13H2,1-3H3,(H,23,27). The number of carbonyl (C=O) groups is 1. The molecular formula is C21H23ClN4OS. The van der Waals surface area contributed by atoms with Gasteiger partial charge in [-0.1, -0.05) is 55.4 Å². The van der Waals surface area contributed by atoms with E-state index in [0.29, 0.717) is 16.1 Å². The fourth-order valence-electron chi connectivity index (χ4n) is 2.87. The summed E-state index contributed by atoms with van der Waals surface area (Å²) >= 11 is 7.31. The van der Waals surface area contributed by atoms with Gasteiger partial charge in [-0.15, -0.1) is 10.2 Å². The number of halogens is 1. The number of benzene rings is 2. The highest BCUT2D eigenvalue weighted by atomic mass is 35.5. The van der Waals surface area contributed by atoms with Crippen LogP contribution in [0.15, 0.2) is 53.7 Å². The predicted molar refractivity (Wildman–Crippen MR) is 116 cm³/mol. The summed E-state index contributed by atoms with van der Waals surface area (Å²) in [4.78, 5) is 12.5. The third-order valence-electron chi connectivity index (χ3n) is 4.65. The van der Waals surface area contributed by atoms with E-state index < -0.39 is 0 Å². The van der Waals surface area contributed by atoms with Gasteiger partial charge in [0.25, 0.3) is 0 Å². The van der Waals surface area contributed by atoms with Crippen LogP contribution in [0.5, 0.6) is 0 Å². The number of nitrogens with one attached hydrogen (secondary N) is 1. The van der Waals surface area contributed by atoms with Crippen LogP contribution in [0.2, 0.25) is 5.02 Å². The SMILES string of the molecule is CCC(C)c1ccccc1NC(=O)CSc1nnc(-c2ccc(Cl)cc2)n1C.